The van der Waals surface area contributed by atoms with E-state index in [9.17, 15) is 4.79 Å². The molecule has 0 saturated heterocycles. The summed E-state index contributed by atoms with van der Waals surface area (Å²) in [5.74, 6) is -0.777. The lowest BCUT2D eigenvalue weighted by atomic mass is 10.0. The molecule has 1 N–H and O–H groups in total. The van der Waals surface area contributed by atoms with Crippen molar-refractivity contribution >= 4 is 21.9 Å². The second kappa shape index (κ2) is 3.59. The molecule has 16 heavy (non-hydrogen) atoms. The van der Waals surface area contributed by atoms with E-state index in [1.165, 1.54) is 0 Å². The van der Waals surface area contributed by atoms with Gasteiger partial charge in [0.2, 0.25) is 0 Å². The number of aryl methyl sites for hydroxylation is 1. The number of aliphatic carboxylic acids is 1. The monoisotopic (exact) mass is 282 g/mol. The van der Waals surface area contributed by atoms with Gasteiger partial charge in [0.15, 0.2) is 0 Å². The van der Waals surface area contributed by atoms with Crippen LogP contribution in [0.2, 0.25) is 0 Å². The van der Waals surface area contributed by atoms with Gasteiger partial charge in [-0.05, 0) is 29.5 Å². The average Bonchev–Trinajstić information content (AvgIpc) is 2.74. The summed E-state index contributed by atoms with van der Waals surface area (Å²) in [7, 11) is 0. The molecule has 86 valence electrons. The lowest BCUT2D eigenvalue weighted by Gasteiger charge is -2.05. The van der Waals surface area contributed by atoms with Crippen LogP contribution in [-0.2, 0) is 4.79 Å². The van der Waals surface area contributed by atoms with E-state index >= 15 is 0 Å². The highest BCUT2D eigenvalue weighted by Crippen LogP contribution is 2.64. The molecule has 0 aromatic heterocycles. The molecule has 2 nitrogen and oxygen atoms in total. The molecule has 3 heteroatoms. The molecule has 0 radical (unpaired) electrons. The third kappa shape index (κ3) is 1.67. The third-order valence-corrected chi connectivity index (χ3v) is 4.52. The summed E-state index contributed by atoms with van der Waals surface area (Å²) in [6.07, 6.45) is 0. The summed E-state index contributed by atoms with van der Waals surface area (Å²) in [6, 6.07) is 6.10. The highest BCUT2D eigenvalue weighted by Gasteiger charge is 2.62. The minimum absolute atomic E-state index is 0.119. The van der Waals surface area contributed by atoms with Crippen molar-refractivity contribution in [2.75, 3.05) is 0 Å². The molecular weight excluding hydrogens is 268 g/mol. The van der Waals surface area contributed by atoms with Crippen LogP contribution in [0.1, 0.15) is 30.9 Å². The van der Waals surface area contributed by atoms with E-state index in [4.69, 9.17) is 5.11 Å². The van der Waals surface area contributed by atoms with Gasteiger partial charge in [0.25, 0.3) is 0 Å². The normalized spacial score (nSPS) is 26.5. The van der Waals surface area contributed by atoms with Crippen molar-refractivity contribution in [3.8, 4) is 0 Å². The summed E-state index contributed by atoms with van der Waals surface area (Å²) < 4.78 is 1.07. The molecule has 2 rings (SSSR count). The third-order valence-electron chi connectivity index (χ3n) is 3.63. The Morgan fingerprint density at radius 1 is 1.44 bits per heavy atom. The van der Waals surface area contributed by atoms with Crippen molar-refractivity contribution in [1.82, 2.24) is 0 Å². The van der Waals surface area contributed by atoms with E-state index in [0.717, 1.165) is 15.6 Å². The first-order chi connectivity index (χ1) is 7.35. The van der Waals surface area contributed by atoms with Crippen LogP contribution in [0, 0.1) is 18.3 Å². The molecule has 1 aromatic rings. The van der Waals surface area contributed by atoms with Gasteiger partial charge in [-0.3, -0.25) is 4.79 Å². The van der Waals surface area contributed by atoms with Crippen LogP contribution in [0.4, 0.5) is 0 Å². The summed E-state index contributed by atoms with van der Waals surface area (Å²) in [4.78, 5) is 11.1. The van der Waals surface area contributed by atoms with Crippen LogP contribution >= 0.6 is 15.9 Å². The van der Waals surface area contributed by atoms with Gasteiger partial charge in [0.05, 0.1) is 5.92 Å². The van der Waals surface area contributed by atoms with Crippen LogP contribution in [0.5, 0.6) is 0 Å². The van der Waals surface area contributed by atoms with Gasteiger partial charge in [-0.15, -0.1) is 0 Å². The highest BCUT2D eigenvalue weighted by atomic mass is 79.9. The predicted octanol–water partition coefficient (Wildman–Crippen LogP) is 3.58. The van der Waals surface area contributed by atoms with Crippen molar-refractivity contribution in [3.05, 3.63) is 33.8 Å². The van der Waals surface area contributed by atoms with Crippen LogP contribution in [0.25, 0.3) is 0 Å². The fraction of sp³-hybridized carbons (Fsp3) is 0.462. The number of carboxylic acid groups (broad SMARTS) is 1. The Morgan fingerprint density at radius 2 is 2.06 bits per heavy atom. The Bertz CT molecular complexity index is 451. The second-order valence-corrected chi connectivity index (χ2v) is 5.98. The largest absolute Gasteiger partial charge is 0.481 e. The lowest BCUT2D eigenvalue weighted by molar-refractivity contribution is -0.139. The van der Waals surface area contributed by atoms with Gasteiger partial charge < -0.3 is 5.11 Å². The Balaban J connectivity index is 2.33. The zero-order chi connectivity index (χ0) is 12.1. The number of carboxylic acids is 1. The van der Waals surface area contributed by atoms with Gasteiger partial charge in [-0.2, -0.15) is 0 Å². The summed E-state index contributed by atoms with van der Waals surface area (Å²) in [5.41, 5.74) is 2.17. The molecule has 0 heterocycles. The number of benzene rings is 1. The molecule has 1 aromatic carbocycles. The Morgan fingerprint density at radius 3 is 2.50 bits per heavy atom. The predicted molar refractivity (Wildman–Crippen MR) is 66.5 cm³/mol. The van der Waals surface area contributed by atoms with Crippen LogP contribution in [0.15, 0.2) is 22.7 Å². The maximum atomic E-state index is 11.1. The van der Waals surface area contributed by atoms with Gasteiger partial charge in [-0.1, -0.05) is 41.9 Å². The Labute approximate surface area is 104 Å². The van der Waals surface area contributed by atoms with Gasteiger partial charge >= 0.3 is 5.97 Å². The minimum atomic E-state index is -0.685. The van der Waals surface area contributed by atoms with Crippen molar-refractivity contribution in [2.45, 2.75) is 26.7 Å². The molecule has 0 aliphatic heterocycles. The van der Waals surface area contributed by atoms with E-state index in [-0.39, 0.29) is 17.3 Å². The molecular formula is C13H15BrO2. The number of hydrogen-bond donors (Lipinski definition) is 1. The molecule has 0 unspecified atom stereocenters. The van der Waals surface area contributed by atoms with E-state index in [2.05, 4.69) is 22.0 Å². The first-order valence-corrected chi connectivity index (χ1v) is 6.14. The van der Waals surface area contributed by atoms with E-state index in [0.29, 0.717) is 0 Å². The summed E-state index contributed by atoms with van der Waals surface area (Å²) >= 11 is 3.46. The summed E-state index contributed by atoms with van der Waals surface area (Å²) in [6.45, 7) is 6.07. The minimum Gasteiger partial charge on any atom is -0.481 e. The molecule has 1 saturated carbocycles. The van der Waals surface area contributed by atoms with Crippen molar-refractivity contribution in [1.29, 1.82) is 0 Å². The molecule has 0 bridgehead atoms. The number of rotatable bonds is 2. The lowest BCUT2D eigenvalue weighted by Crippen LogP contribution is -2.03. The number of carbonyl (C=O) groups is 1. The fourth-order valence-corrected chi connectivity index (χ4v) is 2.83. The maximum absolute atomic E-state index is 11.1. The molecule has 1 fully saturated rings. The summed E-state index contributed by atoms with van der Waals surface area (Å²) in [5, 5.41) is 9.14. The quantitative estimate of drug-likeness (QED) is 0.900. The first-order valence-electron chi connectivity index (χ1n) is 5.34. The van der Waals surface area contributed by atoms with Gasteiger partial charge in [-0.25, -0.2) is 0 Å². The molecule has 0 amide bonds. The molecule has 1 aliphatic carbocycles. The van der Waals surface area contributed by atoms with E-state index < -0.39 is 5.97 Å². The topological polar surface area (TPSA) is 37.3 Å². The Kier molecular flexibility index (Phi) is 2.61. The van der Waals surface area contributed by atoms with Gasteiger partial charge in [0, 0.05) is 10.4 Å². The maximum Gasteiger partial charge on any atom is 0.307 e. The van der Waals surface area contributed by atoms with Crippen LogP contribution < -0.4 is 0 Å². The fourth-order valence-electron chi connectivity index (χ4n) is 2.58. The average molecular weight is 283 g/mol. The Hall–Kier alpha value is -0.830. The van der Waals surface area contributed by atoms with Crippen LogP contribution in [-0.4, -0.2) is 11.1 Å². The smallest absolute Gasteiger partial charge is 0.307 e. The van der Waals surface area contributed by atoms with Crippen molar-refractivity contribution in [3.63, 3.8) is 0 Å². The zero-order valence-electron chi connectivity index (χ0n) is 9.62. The number of halogens is 1. The van der Waals surface area contributed by atoms with E-state index in [1.54, 1.807) is 0 Å². The molecule has 2 atom stereocenters. The molecule has 1 aliphatic rings. The second-order valence-electron chi connectivity index (χ2n) is 5.12. The van der Waals surface area contributed by atoms with Crippen molar-refractivity contribution < 1.29 is 9.90 Å². The van der Waals surface area contributed by atoms with Crippen LogP contribution in [0.3, 0.4) is 0 Å². The van der Waals surface area contributed by atoms with Gasteiger partial charge in [0.1, 0.15) is 0 Å². The first kappa shape index (κ1) is 11.6. The highest BCUT2D eigenvalue weighted by molar-refractivity contribution is 9.10. The number of hydrogen-bond acceptors (Lipinski definition) is 1. The molecule has 0 spiro atoms. The standard InChI is InChI=1S/C13H15BrO2/c1-7-6-8(4-5-9(7)14)10-11(12(15)16)13(10,2)3/h4-6,10-11H,1-3H3,(H,15,16)/t10-,11+/m0/s1. The van der Waals surface area contributed by atoms with Crippen molar-refractivity contribution in [2.24, 2.45) is 11.3 Å². The van der Waals surface area contributed by atoms with E-state index in [1.807, 2.05) is 32.9 Å². The zero-order valence-corrected chi connectivity index (χ0v) is 11.2. The SMILES string of the molecule is Cc1cc([C@H]2[C@H](C(=O)O)C2(C)C)ccc1Br.